The molecule has 0 bridgehead atoms. The molecule has 7 heteroatoms. The number of para-hydroxylation sites is 2. The minimum absolute atomic E-state index is 0.0676. The van der Waals surface area contributed by atoms with Crippen molar-refractivity contribution >= 4 is 27.3 Å². The van der Waals surface area contributed by atoms with Gasteiger partial charge in [0, 0.05) is 5.02 Å². The third-order valence-electron chi connectivity index (χ3n) is 4.35. The molecule has 5 nitrogen and oxygen atoms in total. The van der Waals surface area contributed by atoms with Gasteiger partial charge < -0.3 is 9.47 Å². The Morgan fingerprint density at radius 1 is 0.931 bits per heavy atom. The van der Waals surface area contributed by atoms with Crippen molar-refractivity contribution < 1.29 is 17.9 Å². The summed E-state index contributed by atoms with van der Waals surface area (Å²) in [5.41, 5.74) is 1.14. The van der Waals surface area contributed by atoms with Crippen molar-refractivity contribution in [3.05, 3.63) is 83.4 Å². The van der Waals surface area contributed by atoms with Crippen LogP contribution in [0.15, 0.2) is 77.7 Å². The fourth-order valence-corrected chi connectivity index (χ4v) is 4.55. The highest BCUT2D eigenvalue weighted by atomic mass is 35.5. The molecule has 0 spiro atoms. The van der Waals surface area contributed by atoms with Gasteiger partial charge in [-0.3, -0.25) is 4.31 Å². The van der Waals surface area contributed by atoms with Crippen LogP contribution in [0.5, 0.6) is 11.5 Å². The molecule has 3 aromatic rings. The molecular weight excluding hydrogens is 410 g/mol. The largest absolute Gasteiger partial charge is 0.497 e. The third-order valence-corrected chi connectivity index (χ3v) is 6.50. The molecule has 0 atom stereocenters. The number of sulfonamides is 1. The van der Waals surface area contributed by atoms with Gasteiger partial charge in [-0.15, -0.1) is 0 Å². The average molecular weight is 432 g/mol. The van der Waals surface area contributed by atoms with Gasteiger partial charge in [-0.25, -0.2) is 8.42 Å². The van der Waals surface area contributed by atoms with E-state index in [1.165, 1.54) is 23.5 Å². The predicted octanol–water partition coefficient (Wildman–Crippen LogP) is 5.14. The Morgan fingerprint density at radius 3 is 2.24 bits per heavy atom. The highest BCUT2D eigenvalue weighted by Gasteiger charge is 2.28. The number of rotatable bonds is 8. The monoisotopic (exact) mass is 431 g/mol. The normalized spacial score (nSPS) is 11.1. The van der Waals surface area contributed by atoms with Gasteiger partial charge >= 0.3 is 0 Å². The molecule has 0 radical (unpaired) electrons. The van der Waals surface area contributed by atoms with Crippen LogP contribution in [0.1, 0.15) is 12.5 Å². The summed E-state index contributed by atoms with van der Waals surface area (Å²) in [5.74, 6) is 1.07. The summed E-state index contributed by atoms with van der Waals surface area (Å²) in [7, 11) is -2.36. The van der Waals surface area contributed by atoms with Crippen molar-refractivity contribution in [1.82, 2.24) is 0 Å². The zero-order valence-corrected chi connectivity index (χ0v) is 17.8. The Bertz CT molecular complexity index is 1070. The maximum Gasteiger partial charge on any atom is 0.264 e. The van der Waals surface area contributed by atoms with Crippen LogP contribution in [0.2, 0.25) is 5.02 Å². The van der Waals surface area contributed by atoms with Crippen molar-refractivity contribution in [2.45, 2.75) is 18.4 Å². The molecule has 3 aromatic carbocycles. The van der Waals surface area contributed by atoms with Gasteiger partial charge in [-0.2, -0.15) is 0 Å². The Hall–Kier alpha value is -2.70. The summed E-state index contributed by atoms with van der Waals surface area (Å²) < 4.78 is 39.3. The van der Waals surface area contributed by atoms with Crippen LogP contribution in [-0.2, 0) is 16.6 Å². The van der Waals surface area contributed by atoms with Gasteiger partial charge in [0.1, 0.15) is 11.5 Å². The maximum atomic E-state index is 13.6. The second kappa shape index (κ2) is 9.20. The Kier molecular flexibility index (Phi) is 6.67. The van der Waals surface area contributed by atoms with E-state index in [0.29, 0.717) is 34.4 Å². The molecule has 0 unspecified atom stereocenters. The lowest BCUT2D eigenvalue weighted by atomic mass is 10.2. The quantitative estimate of drug-likeness (QED) is 0.495. The second-order valence-corrected chi connectivity index (χ2v) is 8.45. The fraction of sp³-hybridized carbons (Fsp3) is 0.182. The van der Waals surface area contributed by atoms with Crippen LogP contribution in [0, 0.1) is 0 Å². The van der Waals surface area contributed by atoms with E-state index in [-0.39, 0.29) is 11.4 Å². The molecule has 0 aliphatic carbocycles. The van der Waals surface area contributed by atoms with E-state index in [1.54, 1.807) is 36.4 Å². The summed E-state index contributed by atoms with van der Waals surface area (Å²) in [4.78, 5) is 0.150. The Balaban J connectivity index is 2.13. The first-order valence-electron chi connectivity index (χ1n) is 9.09. The number of ether oxygens (including phenoxy) is 2. The molecule has 0 saturated carbocycles. The zero-order valence-electron chi connectivity index (χ0n) is 16.2. The van der Waals surface area contributed by atoms with Crippen LogP contribution in [0.3, 0.4) is 0 Å². The molecule has 0 heterocycles. The molecule has 3 rings (SSSR count). The minimum Gasteiger partial charge on any atom is -0.497 e. The summed E-state index contributed by atoms with van der Waals surface area (Å²) in [6.45, 7) is 2.34. The van der Waals surface area contributed by atoms with Crippen molar-refractivity contribution in [3.8, 4) is 11.5 Å². The average Bonchev–Trinajstić information content (AvgIpc) is 2.74. The minimum atomic E-state index is -3.90. The van der Waals surface area contributed by atoms with Gasteiger partial charge in [-0.05, 0) is 55.0 Å². The van der Waals surface area contributed by atoms with Crippen LogP contribution in [-0.4, -0.2) is 22.1 Å². The van der Waals surface area contributed by atoms with E-state index < -0.39 is 10.0 Å². The second-order valence-electron chi connectivity index (χ2n) is 6.18. The maximum absolute atomic E-state index is 13.6. The lowest BCUT2D eigenvalue weighted by molar-refractivity contribution is 0.341. The van der Waals surface area contributed by atoms with E-state index in [0.717, 1.165) is 0 Å². The smallest absolute Gasteiger partial charge is 0.264 e. The van der Waals surface area contributed by atoms with E-state index in [2.05, 4.69) is 0 Å². The third kappa shape index (κ3) is 4.66. The number of hydrogen-bond donors (Lipinski definition) is 0. The molecular formula is C22H22ClNO4S. The first-order chi connectivity index (χ1) is 14.0. The highest BCUT2D eigenvalue weighted by Crippen LogP contribution is 2.35. The number of hydrogen-bond acceptors (Lipinski definition) is 4. The molecule has 152 valence electrons. The van der Waals surface area contributed by atoms with Crippen molar-refractivity contribution in [1.29, 1.82) is 0 Å². The summed E-state index contributed by atoms with van der Waals surface area (Å²) in [5, 5.41) is 0.497. The molecule has 0 amide bonds. The Morgan fingerprint density at radius 2 is 1.59 bits per heavy atom. The van der Waals surface area contributed by atoms with Crippen LogP contribution in [0.25, 0.3) is 0 Å². The summed E-state index contributed by atoms with van der Waals surface area (Å²) >= 11 is 6.32. The highest BCUT2D eigenvalue weighted by molar-refractivity contribution is 7.92. The van der Waals surface area contributed by atoms with Crippen LogP contribution < -0.4 is 13.8 Å². The van der Waals surface area contributed by atoms with Crippen LogP contribution in [0.4, 0.5) is 5.69 Å². The number of benzene rings is 3. The van der Waals surface area contributed by atoms with Crippen molar-refractivity contribution in [2.75, 3.05) is 18.0 Å². The van der Waals surface area contributed by atoms with Gasteiger partial charge in [-0.1, -0.05) is 41.9 Å². The lowest BCUT2D eigenvalue weighted by Gasteiger charge is -2.27. The molecule has 0 saturated heterocycles. The van der Waals surface area contributed by atoms with Crippen molar-refractivity contribution in [2.24, 2.45) is 0 Å². The summed E-state index contributed by atoms with van der Waals surface area (Å²) in [6.07, 6.45) is 0. The number of nitrogens with zero attached hydrogens (tertiary/aromatic N) is 1. The molecule has 29 heavy (non-hydrogen) atoms. The molecule has 0 N–H and O–H groups in total. The van der Waals surface area contributed by atoms with Crippen molar-refractivity contribution in [3.63, 3.8) is 0 Å². The van der Waals surface area contributed by atoms with E-state index in [4.69, 9.17) is 21.1 Å². The predicted molar refractivity (Wildman–Crippen MR) is 115 cm³/mol. The molecule has 0 fully saturated rings. The standard InChI is InChI=1S/C22H22ClNO4S/c1-3-28-22-11-7-6-10-21(22)24(16-17-8-4-5-9-20(17)23)29(25,26)19-14-12-18(27-2)13-15-19/h4-15H,3,16H2,1-2H3. The SMILES string of the molecule is CCOc1ccccc1N(Cc1ccccc1Cl)S(=O)(=O)c1ccc(OC)cc1. The van der Waals surface area contributed by atoms with Gasteiger partial charge in [0.05, 0.1) is 30.8 Å². The van der Waals surface area contributed by atoms with E-state index in [1.807, 2.05) is 31.2 Å². The first kappa shape index (κ1) is 21.0. The number of halogens is 1. The van der Waals surface area contributed by atoms with Gasteiger partial charge in [0.2, 0.25) is 0 Å². The van der Waals surface area contributed by atoms with Gasteiger partial charge in [0.25, 0.3) is 10.0 Å². The van der Waals surface area contributed by atoms with E-state index >= 15 is 0 Å². The summed E-state index contributed by atoms with van der Waals surface area (Å²) in [6, 6.07) is 20.5. The fourth-order valence-electron chi connectivity index (χ4n) is 2.90. The topological polar surface area (TPSA) is 55.8 Å². The number of anilines is 1. The van der Waals surface area contributed by atoms with E-state index in [9.17, 15) is 8.42 Å². The molecule has 0 aliphatic heterocycles. The molecule has 0 aliphatic rings. The number of methoxy groups -OCH3 is 1. The Labute approximate surface area is 176 Å². The zero-order chi connectivity index (χ0) is 20.9. The first-order valence-corrected chi connectivity index (χ1v) is 10.9. The van der Waals surface area contributed by atoms with Crippen LogP contribution >= 0.6 is 11.6 Å². The molecule has 0 aromatic heterocycles. The van der Waals surface area contributed by atoms with Gasteiger partial charge in [0.15, 0.2) is 0 Å². The lowest BCUT2D eigenvalue weighted by Crippen LogP contribution is -2.31.